The Bertz CT molecular complexity index is 589. The molecule has 0 saturated carbocycles. The van der Waals surface area contributed by atoms with Gasteiger partial charge in [-0.3, -0.25) is 9.88 Å². The van der Waals surface area contributed by atoms with Gasteiger partial charge in [0.2, 0.25) is 0 Å². The van der Waals surface area contributed by atoms with Gasteiger partial charge in [0.25, 0.3) is 0 Å². The van der Waals surface area contributed by atoms with Crippen LogP contribution in [-0.4, -0.2) is 43.9 Å². The van der Waals surface area contributed by atoms with Crippen LogP contribution in [0.15, 0.2) is 24.5 Å². The Labute approximate surface area is 123 Å². The highest BCUT2D eigenvalue weighted by Gasteiger charge is 2.28. The zero-order valence-corrected chi connectivity index (χ0v) is 12.2. The van der Waals surface area contributed by atoms with Crippen LogP contribution >= 0.6 is 11.8 Å². The first-order valence-corrected chi connectivity index (χ1v) is 8.35. The number of nitrogens with one attached hydrogen (secondary N) is 1. The Morgan fingerprint density at radius 3 is 3.20 bits per heavy atom. The Morgan fingerprint density at radius 2 is 2.40 bits per heavy atom. The van der Waals surface area contributed by atoms with Crippen molar-refractivity contribution in [3.05, 3.63) is 35.9 Å². The predicted molar refractivity (Wildman–Crippen MR) is 81.7 cm³/mol. The third kappa shape index (κ3) is 2.25. The minimum atomic E-state index is 0.762. The fourth-order valence-corrected chi connectivity index (χ4v) is 4.33. The van der Waals surface area contributed by atoms with Crippen molar-refractivity contribution < 1.29 is 0 Å². The maximum Gasteiger partial charge on any atom is 0.139 e. The summed E-state index contributed by atoms with van der Waals surface area (Å²) in [5.74, 6) is 3.57. The molecular weight excluding hydrogens is 268 g/mol. The molecule has 5 heteroatoms. The van der Waals surface area contributed by atoms with Crippen molar-refractivity contribution in [1.82, 2.24) is 19.9 Å². The van der Waals surface area contributed by atoms with Crippen LogP contribution in [0.5, 0.6) is 0 Å². The van der Waals surface area contributed by atoms with Gasteiger partial charge in [0.1, 0.15) is 5.82 Å². The van der Waals surface area contributed by atoms with Crippen molar-refractivity contribution in [2.24, 2.45) is 0 Å². The molecule has 0 aliphatic carbocycles. The lowest BCUT2D eigenvalue weighted by atomic mass is 10.1. The van der Waals surface area contributed by atoms with Gasteiger partial charge in [0.05, 0.1) is 11.4 Å². The second-order valence-corrected chi connectivity index (χ2v) is 6.64. The Morgan fingerprint density at radius 1 is 1.40 bits per heavy atom. The van der Waals surface area contributed by atoms with Crippen molar-refractivity contribution in [2.45, 2.75) is 25.4 Å². The minimum Gasteiger partial charge on any atom is -0.340 e. The van der Waals surface area contributed by atoms with Crippen LogP contribution in [0.3, 0.4) is 0 Å². The fraction of sp³-hybridized carbons (Fsp3) is 0.467. The van der Waals surface area contributed by atoms with Gasteiger partial charge in [-0.1, -0.05) is 0 Å². The van der Waals surface area contributed by atoms with E-state index in [2.05, 4.69) is 32.7 Å². The number of imidazole rings is 1. The van der Waals surface area contributed by atoms with Crippen molar-refractivity contribution in [3.8, 4) is 11.4 Å². The van der Waals surface area contributed by atoms with Crippen molar-refractivity contribution >= 4 is 11.8 Å². The molecule has 4 heterocycles. The molecule has 2 aromatic heterocycles. The molecule has 0 spiro atoms. The molecule has 1 saturated heterocycles. The third-order valence-electron chi connectivity index (χ3n) is 4.22. The first kappa shape index (κ1) is 12.4. The first-order valence-electron chi connectivity index (χ1n) is 7.20. The summed E-state index contributed by atoms with van der Waals surface area (Å²) < 4.78 is 0. The molecule has 0 bridgehead atoms. The summed E-state index contributed by atoms with van der Waals surface area (Å²) >= 11 is 2.08. The molecule has 0 aromatic carbocycles. The van der Waals surface area contributed by atoms with E-state index in [9.17, 15) is 0 Å². The van der Waals surface area contributed by atoms with Crippen LogP contribution in [0.1, 0.15) is 17.8 Å². The number of aromatic amines is 1. The lowest BCUT2D eigenvalue weighted by Gasteiger charge is -2.31. The molecule has 104 valence electrons. The summed E-state index contributed by atoms with van der Waals surface area (Å²) in [5, 5.41) is 0. The number of nitrogens with zero attached hydrogens (tertiary/aromatic N) is 3. The number of hydrogen-bond acceptors (Lipinski definition) is 4. The second-order valence-electron chi connectivity index (χ2n) is 5.49. The van der Waals surface area contributed by atoms with Crippen molar-refractivity contribution in [2.75, 3.05) is 18.1 Å². The van der Waals surface area contributed by atoms with E-state index in [1.54, 1.807) is 6.20 Å². The smallest absolute Gasteiger partial charge is 0.139 e. The number of rotatable bonds is 2. The van der Waals surface area contributed by atoms with Gasteiger partial charge < -0.3 is 4.98 Å². The fourth-order valence-electron chi connectivity index (χ4n) is 3.08. The standard InChI is InChI=1S/C15H18N4S/c1-2-11(8-16-5-1)15-17-13-3-6-19(9-14(13)18-15)12-4-7-20-10-12/h1-2,5,8,12H,3-4,6-7,9-10H2,(H,17,18)/t12-/m1/s1. The summed E-state index contributed by atoms with van der Waals surface area (Å²) in [6.45, 7) is 2.17. The normalized spacial score (nSPS) is 22.9. The van der Waals surface area contributed by atoms with Crippen molar-refractivity contribution in [1.29, 1.82) is 0 Å². The van der Waals surface area contributed by atoms with E-state index in [1.165, 1.54) is 29.3 Å². The van der Waals surface area contributed by atoms with Crippen LogP contribution in [0, 0.1) is 0 Å². The Kier molecular flexibility index (Phi) is 3.24. The summed E-state index contributed by atoms with van der Waals surface area (Å²) in [4.78, 5) is 15.0. The summed E-state index contributed by atoms with van der Waals surface area (Å²) in [7, 11) is 0. The molecule has 0 amide bonds. The zero-order valence-electron chi connectivity index (χ0n) is 11.4. The number of fused-ring (bicyclic) bond motifs is 1. The Balaban J connectivity index is 1.58. The molecule has 1 fully saturated rings. The average Bonchev–Trinajstić information content (AvgIpc) is 3.16. The molecule has 2 aliphatic rings. The topological polar surface area (TPSA) is 44.8 Å². The number of aromatic nitrogens is 3. The molecule has 2 aromatic rings. The maximum absolute atomic E-state index is 4.75. The van der Waals surface area contributed by atoms with Crippen LogP contribution in [0.2, 0.25) is 0 Å². The van der Waals surface area contributed by atoms with E-state index in [4.69, 9.17) is 4.98 Å². The van der Waals surface area contributed by atoms with Gasteiger partial charge >= 0.3 is 0 Å². The average molecular weight is 286 g/mol. The lowest BCUT2D eigenvalue weighted by molar-refractivity contribution is 0.191. The molecule has 2 aliphatic heterocycles. The van der Waals surface area contributed by atoms with Gasteiger partial charge in [-0.25, -0.2) is 4.98 Å². The lowest BCUT2D eigenvalue weighted by Crippen LogP contribution is -2.39. The quantitative estimate of drug-likeness (QED) is 0.920. The number of pyridine rings is 1. The van der Waals surface area contributed by atoms with E-state index in [1.807, 2.05) is 12.3 Å². The molecule has 1 atom stereocenters. The largest absolute Gasteiger partial charge is 0.340 e. The van der Waals surface area contributed by atoms with Crippen LogP contribution in [0.25, 0.3) is 11.4 Å². The van der Waals surface area contributed by atoms with E-state index in [0.29, 0.717) is 0 Å². The summed E-state index contributed by atoms with van der Waals surface area (Å²) in [5.41, 5.74) is 3.61. The molecule has 1 N–H and O–H groups in total. The molecule has 0 radical (unpaired) electrons. The van der Waals surface area contributed by atoms with Crippen LogP contribution in [0.4, 0.5) is 0 Å². The highest BCUT2D eigenvalue weighted by atomic mass is 32.2. The first-order chi connectivity index (χ1) is 9.90. The van der Waals surface area contributed by atoms with Gasteiger partial charge in [0.15, 0.2) is 0 Å². The molecule has 4 rings (SSSR count). The molecule has 0 unspecified atom stereocenters. The highest BCUT2D eigenvalue weighted by Crippen LogP contribution is 2.28. The molecular formula is C15H18N4S. The third-order valence-corrected chi connectivity index (χ3v) is 5.36. The Hall–Kier alpha value is -1.33. The zero-order chi connectivity index (χ0) is 13.4. The minimum absolute atomic E-state index is 0.762. The summed E-state index contributed by atoms with van der Waals surface area (Å²) in [6.07, 6.45) is 6.07. The predicted octanol–water partition coefficient (Wildman–Crippen LogP) is 2.34. The molecule has 4 nitrogen and oxygen atoms in total. The van der Waals surface area contributed by atoms with Gasteiger partial charge in [-0.2, -0.15) is 11.8 Å². The van der Waals surface area contributed by atoms with Crippen LogP contribution < -0.4 is 0 Å². The van der Waals surface area contributed by atoms with E-state index >= 15 is 0 Å². The van der Waals surface area contributed by atoms with Crippen LogP contribution in [-0.2, 0) is 13.0 Å². The SMILES string of the molecule is c1cncc(-c2nc3c([nH]2)CN([C@@H]2CCSC2)CC3)c1. The van der Waals surface area contributed by atoms with E-state index in [0.717, 1.165) is 36.9 Å². The van der Waals surface area contributed by atoms with Gasteiger partial charge in [-0.05, 0) is 24.3 Å². The number of thioether (sulfide) groups is 1. The maximum atomic E-state index is 4.75. The van der Waals surface area contributed by atoms with E-state index < -0.39 is 0 Å². The van der Waals surface area contributed by atoms with E-state index in [-0.39, 0.29) is 0 Å². The number of hydrogen-bond donors (Lipinski definition) is 1. The van der Waals surface area contributed by atoms with Crippen molar-refractivity contribution in [3.63, 3.8) is 0 Å². The summed E-state index contributed by atoms with van der Waals surface area (Å²) in [6, 6.07) is 4.78. The number of H-pyrrole nitrogens is 1. The van der Waals surface area contributed by atoms with Gasteiger partial charge in [0, 0.05) is 49.3 Å². The molecule has 20 heavy (non-hydrogen) atoms. The van der Waals surface area contributed by atoms with Gasteiger partial charge in [-0.15, -0.1) is 0 Å². The monoisotopic (exact) mass is 286 g/mol. The second kappa shape index (κ2) is 5.22. The highest BCUT2D eigenvalue weighted by molar-refractivity contribution is 7.99.